The van der Waals surface area contributed by atoms with Gasteiger partial charge in [0.15, 0.2) is 0 Å². The van der Waals surface area contributed by atoms with Crippen molar-refractivity contribution in [2.75, 3.05) is 0 Å². The van der Waals surface area contributed by atoms with Crippen molar-refractivity contribution >= 4 is 0 Å². The van der Waals surface area contributed by atoms with Crippen LogP contribution in [-0.4, -0.2) is 0 Å². The Balaban J connectivity index is 1.86. The molecule has 0 aliphatic rings. The largest absolute Gasteiger partial charge is 0.0622 e. The molecule has 0 N–H and O–H groups in total. The molecule has 4 aromatic carbocycles. The fourth-order valence-electron chi connectivity index (χ4n) is 4.41. The lowest BCUT2D eigenvalue weighted by Gasteiger charge is -2.29. The highest BCUT2D eigenvalue weighted by Gasteiger charge is 2.26. The molecule has 0 bridgehead atoms. The molecular weight excluding hydrogens is 360 g/mol. The van der Waals surface area contributed by atoms with Crippen LogP contribution in [0.4, 0.5) is 0 Å². The monoisotopic (exact) mass is 390 g/mol. The SMILES string of the molecule is Cc1cccc(-c2ccc(C(C)(C)c3ccccc3)c(Cc3ccccc3)c2)c1C. The van der Waals surface area contributed by atoms with Gasteiger partial charge in [0, 0.05) is 5.41 Å². The maximum atomic E-state index is 2.41. The lowest BCUT2D eigenvalue weighted by molar-refractivity contribution is 0.633. The number of rotatable bonds is 5. The van der Waals surface area contributed by atoms with Gasteiger partial charge in [-0.2, -0.15) is 0 Å². The lowest BCUT2D eigenvalue weighted by atomic mass is 9.74. The molecule has 4 rings (SSSR count). The molecule has 0 amide bonds. The van der Waals surface area contributed by atoms with E-state index in [1.807, 2.05) is 0 Å². The molecule has 4 aromatic rings. The Hall–Kier alpha value is -3.12. The maximum absolute atomic E-state index is 2.41. The summed E-state index contributed by atoms with van der Waals surface area (Å²) in [5.41, 5.74) is 10.7. The molecular formula is C30H30. The van der Waals surface area contributed by atoms with E-state index in [9.17, 15) is 0 Å². The fraction of sp³-hybridized carbons (Fsp3) is 0.200. The van der Waals surface area contributed by atoms with Crippen molar-refractivity contribution in [1.82, 2.24) is 0 Å². The molecule has 0 nitrogen and oxygen atoms in total. The first-order chi connectivity index (χ1) is 14.5. The molecule has 30 heavy (non-hydrogen) atoms. The molecule has 0 saturated heterocycles. The van der Waals surface area contributed by atoms with Crippen LogP contribution in [0, 0.1) is 13.8 Å². The Labute approximate surface area is 181 Å². The van der Waals surface area contributed by atoms with Crippen molar-refractivity contribution in [2.24, 2.45) is 0 Å². The first-order valence-electron chi connectivity index (χ1n) is 10.8. The number of hydrogen-bond acceptors (Lipinski definition) is 0. The van der Waals surface area contributed by atoms with Gasteiger partial charge in [0.05, 0.1) is 0 Å². The first kappa shape index (κ1) is 20.2. The summed E-state index contributed by atoms with van der Waals surface area (Å²) >= 11 is 0. The van der Waals surface area contributed by atoms with E-state index in [1.54, 1.807) is 0 Å². The summed E-state index contributed by atoms with van der Waals surface area (Å²) < 4.78 is 0. The van der Waals surface area contributed by atoms with E-state index in [1.165, 1.54) is 44.5 Å². The summed E-state index contributed by atoms with van der Waals surface area (Å²) in [7, 11) is 0. The molecule has 0 saturated carbocycles. The quantitative estimate of drug-likeness (QED) is 0.325. The van der Waals surface area contributed by atoms with Crippen LogP contribution in [0.15, 0.2) is 97.1 Å². The average Bonchev–Trinajstić information content (AvgIpc) is 2.77. The zero-order valence-corrected chi connectivity index (χ0v) is 18.4. The van der Waals surface area contributed by atoms with Crippen molar-refractivity contribution in [3.63, 3.8) is 0 Å². The standard InChI is InChI=1S/C30H30/c1-22-12-11-17-28(23(22)2)25-18-19-29(30(3,4)27-15-9-6-10-16-27)26(21-25)20-24-13-7-5-8-14-24/h5-19,21H,20H2,1-4H3. The third kappa shape index (κ3) is 3.96. The van der Waals surface area contributed by atoms with Gasteiger partial charge >= 0.3 is 0 Å². The Morgan fingerprint density at radius 1 is 0.667 bits per heavy atom. The summed E-state index contributed by atoms with van der Waals surface area (Å²) in [6, 6.07) is 35.3. The van der Waals surface area contributed by atoms with E-state index in [2.05, 4.69) is 125 Å². The van der Waals surface area contributed by atoms with E-state index in [0.717, 1.165) is 6.42 Å². The van der Waals surface area contributed by atoms with Crippen LogP contribution in [0.2, 0.25) is 0 Å². The van der Waals surface area contributed by atoms with Gasteiger partial charge in [-0.15, -0.1) is 0 Å². The number of benzene rings is 4. The highest BCUT2D eigenvalue weighted by molar-refractivity contribution is 5.70. The summed E-state index contributed by atoms with van der Waals surface area (Å²) in [6.45, 7) is 9.09. The minimum Gasteiger partial charge on any atom is -0.0622 e. The van der Waals surface area contributed by atoms with Crippen molar-refractivity contribution in [3.8, 4) is 11.1 Å². The van der Waals surface area contributed by atoms with Crippen LogP contribution in [-0.2, 0) is 11.8 Å². The van der Waals surface area contributed by atoms with Gasteiger partial charge in [0.25, 0.3) is 0 Å². The van der Waals surface area contributed by atoms with Crippen LogP contribution < -0.4 is 0 Å². The van der Waals surface area contributed by atoms with Crippen molar-refractivity contribution in [3.05, 3.63) is 130 Å². The molecule has 0 heterocycles. The van der Waals surface area contributed by atoms with Gasteiger partial charge in [-0.1, -0.05) is 111 Å². The molecule has 0 aromatic heterocycles. The van der Waals surface area contributed by atoms with Gasteiger partial charge in [0.2, 0.25) is 0 Å². The molecule has 0 aliphatic carbocycles. The summed E-state index contributed by atoms with van der Waals surface area (Å²) in [6.07, 6.45) is 0.936. The molecule has 0 spiro atoms. The Kier molecular flexibility index (Phi) is 5.59. The molecule has 0 unspecified atom stereocenters. The lowest BCUT2D eigenvalue weighted by Crippen LogP contribution is -2.21. The topological polar surface area (TPSA) is 0 Å². The van der Waals surface area contributed by atoms with Crippen LogP contribution in [0.3, 0.4) is 0 Å². The third-order valence-corrected chi connectivity index (χ3v) is 6.43. The molecule has 150 valence electrons. The molecule has 0 atom stereocenters. The minimum atomic E-state index is -0.0639. The van der Waals surface area contributed by atoms with Crippen LogP contribution in [0.25, 0.3) is 11.1 Å². The smallest absolute Gasteiger partial charge is 0.0149 e. The molecule has 0 radical (unpaired) electrons. The third-order valence-electron chi connectivity index (χ3n) is 6.43. The van der Waals surface area contributed by atoms with Crippen molar-refractivity contribution in [1.29, 1.82) is 0 Å². The van der Waals surface area contributed by atoms with Gasteiger partial charge < -0.3 is 0 Å². The Morgan fingerprint density at radius 3 is 2.03 bits per heavy atom. The summed E-state index contributed by atoms with van der Waals surface area (Å²) in [5, 5.41) is 0. The molecule has 0 aliphatic heterocycles. The van der Waals surface area contributed by atoms with Gasteiger partial charge in [0.1, 0.15) is 0 Å². The van der Waals surface area contributed by atoms with Gasteiger partial charge in [-0.25, -0.2) is 0 Å². The van der Waals surface area contributed by atoms with Crippen molar-refractivity contribution < 1.29 is 0 Å². The highest BCUT2D eigenvalue weighted by atomic mass is 14.3. The summed E-state index contributed by atoms with van der Waals surface area (Å²) in [5.74, 6) is 0. The second-order valence-electron chi connectivity index (χ2n) is 8.77. The van der Waals surface area contributed by atoms with E-state index in [-0.39, 0.29) is 5.41 Å². The van der Waals surface area contributed by atoms with E-state index < -0.39 is 0 Å². The van der Waals surface area contributed by atoms with Gasteiger partial charge in [-0.3, -0.25) is 0 Å². The first-order valence-corrected chi connectivity index (χ1v) is 10.8. The summed E-state index contributed by atoms with van der Waals surface area (Å²) in [4.78, 5) is 0. The Morgan fingerprint density at radius 2 is 1.33 bits per heavy atom. The van der Waals surface area contributed by atoms with Crippen LogP contribution >= 0.6 is 0 Å². The fourth-order valence-corrected chi connectivity index (χ4v) is 4.41. The number of hydrogen-bond donors (Lipinski definition) is 0. The van der Waals surface area contributed by atoms with E-state index in [0.29, 0.717) is 0 Å². The van der Waals surface area contributed by atoms with Gasteiger partial charge in [-0.05, 0) is 64.8 Å². The molecule has 0 heteroatoms. The van der Waals surface area contributed by atoms with E-state index in [4.69, 9.17) is 0 Å². The molecule has 0 fully saturated rings. The number of aryl methyl sites for hydroxylation is 1. The predicted octanol–water partition coefficient (Wildman–Crippen LogP) is 7.89. The highest BCUT2D eigenvalue weighted by Crippen LogP contribution is 2.37. The van der Waals surface area contributed by atoms with Crippen LogP contribution in [0.5, 0.6) is 0 Å². The predicted molar refractivity (Wildman–Crippen MR) is 129 cm³/mol. The van der Waals surface area contributed by atoms with E-state index >= 15 is 0 Å². The van der Waals surface area contributed by atoms with Crippen molar-refractivity contribution in [2.45, 2.75) is 39.5 Å². The normalized spacial score (nSPS) is 11.5. The minimum absolute atomic E-state index is 0.0639. The zero-order chi connectivity index (χ0) is 21.1. The zero-order valence-electron chi connectivity index (χ0n) is 18.4. The Bertz CT molecular complexity index is 1140. The maximum Gasteiger partial charge on any atom is 0.0149 e. The van der Waals surface area contributed by atoms with Crippen LogP contribution in [0.1, 0.15) is 47.2 Å². The second kappa shape index (κ2) is 8.32. The average molecular weight is 391 g/mol. The second-order valence-corrected chi connectivity index (χ2v) is 8.77.